The molecule has 0 spiro atoms. The minimum Gasteiger partial charge on any atom is -0.478 e. The van der Waals surface area contributed by atoms with E-state index in [4.69, 9.17) is 0 Å². The van der Waals surface area contributed by atoms with Gasteiger partial charge in [0, 0.05) is 37.8 Å². The molecule has 1 saturated heterocycles. The molecule has 3 N–H and O–H groups in total. The maximum Gasteiger partial charge on any atom is 0.337 e. The average Bonchev–Trinajstić information content (AvgIpc) is 3.19. The summed E-state index contributed by atoms with van der Waals surface area (Å²) in [4.78, 5) is 17.1. The number of halogens is 3. The normalized spacial score (nSPS) is 20.7. The number of hydrogen-bond donors (Lipinski definition) is 3. The number of pyridine rings is 1. The highest BCUT2D eigenvalue weighted by Gasteiger charge is 2.38. The van der Waals surface area contributed by atoms with Gasteiger partial charge in [-0.3, -0.25) is 9.88 Å². The molecule has 0 radical (unpaired) electrons. The highest BCUT2D eigenvalue weighted by molar-refractivity contribution is 5.94. The molecule has 154 valence electrons. The Kier molecular flexibility index (Phi) is 5.05. The lowest BCUT2D eigenvalue weighted by molar-refractivity contribution is 0.0124. The molecule has 2 aliphatic rings. The zero-order chi connectivity index (χ0) is 20.6. The third kappa shape index (κ3) is 4.13. The van der Waals surface area contributed by atoms with Crippen LogP contribution < -0.4 is 15.8 Å². The molecule has 1 fully saturated rings. The first kappa shape index (κ1) is 19.5. The first-order chi connectivity index (χ1) is 13.8. The zero-order valence-corrected chi connectivity index (χ0v) is 15.4. The Labute approximate surface area is 165 Å². The number of hydrazine groups is 1. The van der Waals surface area contributed by atoms with Crippen molar-refractivity contribution in [3.8, 4) is 0 Å². The van der Waals surface area contributed by atoms with Gasteiger partial charge in [0.2, 0.25) is 0 Å². The summed E-state index contributed by atoms with van der Waals surface area (Å²) < 4.78 is 40.7. The number of nitrogens with zero attached hydrogens (tertiary/aromatic N) is 3. The largest absolute Gasteiger partial charge is 0.478 e. The van der Waals surface area contributed by atoms with Crippen LogP contribution in [-0.4, -0.2) is 53.1 Å². The van der Waals surface area contributed by atoms with E-state index in [0.29, 0.717) is 30.9 Å². The zero-order valence-electron chi connectivity index (χ0n) is 15.4. The van der Waals surface area contributed by atoms with Crippen LogP contribution in [0.3, 0.4) is 0 Å². The molecule has 1 aromatic carbocycles. The number of carboxylic acids is 1. The lowest BCUT2D eigenvalue weighted by atomic mass is 10.1. The second-order valence-electron chi connectivity index (χ2n) is 7.17. The topological polar surface area (TPSA) is 80.7 Å². The van der Waals surface area contributed by atoms with E-state index in [-0.39, 0.29) is 24.2 Å². The number of fused-ring (bicyclic) bond motifs is 1. The summed E-state index contributed by atoms with van der Waals surface area (Å²) in [6, 6.07) is 5.67. The third-order valence-corrected chi connectivity index (χ3v) is 5.12. The fourth-order valence-corrected chi connectivity index (χ4v) is 3.68. The van der Waals surface area contributed by atoms with E-state index in [1.54, 1.807) is 16.0 Å². The Balaban J connectivity index is 1.52. The van der Waals surface area contributed by atoms with Gasteiger partial charge in [-0.2, -0.15) is 0 Å². The van der Waals surface area contributed by atoms with Crippen molar-refractivity contribution in [2.75, 3.05) is 36.5 Å². The molecule has 0 bridgehead atoms. The number of hydrogen-bond acceptors (Lipinski definition) is 6. The van der Waals surface area contributed by atoms with Gasteiger partial charge in [0.1, 0.15) is 12.0 Å². The van der Waals surface area contributed by atoms with Crippen molar-refractivity contribution < 1.29 is 23.1 Å². The molecule has 10 heteroatoms. The van der Waals surface area contributed by atoms with E-state index in [2.05, 4.69) is 15.7 Å². The molecular weight excluding hydrogens is 387 g/mol. The monoisotopic (exact) mass is 407 g/mol. The van der Waals surface area contributed by atoms with E-state index in [9.17, 15) is 23.1 Å². The van der Waals surface area contributed by atoms with Crippen molar-refractivity contribution in [3.63, 3.8) is 0 Å². The number of likely N-dealkylation sites (tertiary alicyclic amines) is 1. The fourth-order valence-electron chi connectivity index (χ4n) is 3.68. The number of carbonyl (C=O) groups is 1. The SMILES string of the molecule is O=C(O)c1ccncc1NC1NN(CCN2CCC(F)(F)C2)c2ccc(F)cc21. The number of anilines is 2. The lowest BCUT2D eigenvalue weighted by Gasteiger charge is -2.24. The summed E-state index contributed by atoms with van der Waals surface area (Å²) in [5.41, 5.74) is 4.79. The summed E-state index contributed by atoms with van der Waals surface area (Å²) in [6.45, 7) is 0.887. The molecule has 4 rings (SSSR count). The van der Waals surface area contributed by atoms with Crippen molar-refractivity contribution in [2.45, 2.75) is 18.5 Å². The number of alkyl halides is 2. The number of aromatic carboxylic acids is 1. The van der Waals surface area contributed by atoms with Crippen molar-refractivity contribution >= 4 is 17.3 Å². The molecule has 3 heterocycles. The second kappa shape index (κ2) is 7.53. The maximum absolute atomic E-state index is 13.9. The molecule has 7 nitrogen and oxygen atoms in total. The van der Waals surface area contributed by atoms with Crippen LogP contribution in [0.1, 0.15) is 28.5 Å². The molecule has 1 atom stereocenters. The highest BCUT2D eigenvalue weighted by atomic mass is 19.3. The van der Waals surface area contributed by atoms with Crippen LogP contribution in [0.2, 0.25) is 0 Å². The number of aromatic nitrogens is 1. The first-order valence-electron chi connectivity index (χ1n) is 9.20. The van der Waals surface area contributed by atoms with Crippen molar-refractivity contribution in [3.05, 3.63) is 53.6 Å². The molecule has 2 aromatic rings. The van der Waals surface area contributed by atoms with Crippen LogP contribution in [-0.2, 0) is 0 Å². The van der Waals surface area contributed by atoms with E-state index < -0.39 is 23.9 Å². The molecule has 0 amide bonds. The molecule has 0 aliphatic carbocycles. The van der Waals surface area contributed by atoms with Crippen LogP contribution in [0.4, 0.5) is 24.5 Å². The summed E-state index contributed by atoms with van der Waals surface area (Å²) in [7, 11) is 0. The third-order valence-electron chi connectivity index (χ3n) is 5.12. The van der Waals surface area contributed by atoms with Crippen LogP contribution in [0.25, 0.3) is 0 Å². The standard InChI is InChI=1S/C19H20F3N5O2/c20-12-1-2-16-14(9-12)17(24-15-10-23-5-3-13(15)18(28)29)25-27(16)8-7-26-6-4-19(21,22)11-26/h1-3,5,9-10,17,24-25H,4,6-8,11H2,(H,28,29). The van der Waals surface area contributed by atoms with Gasteiger partial charge in [0.15, 0.2) is 0 Å². The minimum atomic E-state index is -2.66. The van der Waals surface area contributed by atoms with E-state index in [1.165, 1.54) is 30.6 Å². The minimum absolute atomic E-state index is 0.0394. The summed E-state index contributed by atoms with van der Waals surface area (Å²) in [6.07, 6.45) is 2.02. The first-order valence-corrected chi connectivity index (χ1v) is 9.20. The summed E-state index contributed by atoms with van der Waals surface area (Å²) in [5.74, 6) is -4.20. The number of carboxylic acid groups (broad SMARTS) is 1. The van der Waals surface area contributed by atoms with Gasteiger partial charge >= 0.3 is 5.97 Å². The number of benzene rings is 1. The smallest absolute Gasteiger partial charge is 0.337 e. The van der Waals surface area contributed by atoms with Gasteiger partial charge < -0.3 is 15.4 Å². The Morgan fingerprint density at radius 2 is 2.17 bits per heavy atom. The Hall–Kier alpha value is -2.85. The molecule has 1 unspecified atom stereocenters. The average molecular weight is 407 g/mol. The Morgan fingerprint density at radius 1 is 1.34 bits per heavy atom. The number of rotatable bonds is 6. The van der Waals surface area contributed by atoms with Gasteiger partial charge in [0.05, 0.1) is 29.7 Å². The summed E-state index contributed by atoms with van der Waals surface area (Å²) in [5, 5.41) is 14.2. The van der Waals surface area contributed by atoms with E-state index >= 15 is 0 Å². The lowest BCUT2D eigenvalue weighted by Crippen LogP contribution is -2.42. The van der Waals surface area contributed by atoms with Crippen LogP contribution in [0.15, 0.2) is 36.7 Å². The van der Waals surface area contributed by atoms with Gasteiger partial charge in [-0.1, -0.05) is 0 Å². The molecule has 1 aromatic heterocycles. The quantitative estimate of drug-likeness (QED) is 0.679. The van der Waals surface area contributed by atoms with Gasteiger partial charge in [0.25, 0.3) is 5.92 Å². The van der Waals surface area contributed by atoms with Gasteiger partial charge in [-0.05, 0) is 24.3 Å². The van der Waals surface area contributed by atoms with Gasteiger partial charge in [-0.15, -0.1) is 0 Å². The predicted molar refractivity (Wildman–Crippen MR) is 100 cm³/mol. The second-order valence-corrected chi connectivity index (χ2v) is 7.17. The van der Waals surface area contributed by atoms with Crippen LogP contribution >= 0.6 is 0 Å². The predicted octanol–water partition coefficient (Wildman–Crippen LogP) is 2.70. The molecule has 29 heavy (non-hydrogen) atoms. The van der Waals surface area contributed by atoms with Crippen LogP contribution in [0.5, 0.6) is 0 Å². The highest BCUT2D eigenvalue weighted by Crippen LogP contribution is 2.35. The number of nitrogens with one attached hydrogen (secondary N) is 2. The van der Waals surface area contributed by atoms with Crippen molar-refractivity contribution in [1.29, 1.82) is 0 Å². The van der Waals surface area contributed by atoms with E-state index in [1.807, 2.05) is 0 Å². The molecular formula is C19H20F3N5O2. The van der Waals surface area contributed by atoms with E-state index in [0.717, 1.165) is 0 Å². The molecule has 2 aliphatic heterocycles. The molecule has 0 saturated carbocycles. The van der Waals surface area contributed by atoms with Gasteiger partial charge in [-0.25, -0.2) is 23.4 Å². The fraction of sp³-hybridized carbons (Fsp3) is 0.368. The maximum atomic E-state index is 13.9. The van der Waals surface area contributed by atoms with Crippen molar-refractivity contribution in [2.24, 2.45) is 0 Å². The Bertz CT molecular complexity index is 926. The van der Waals surface area contributed by atoms with Crippen molar-refractivity contribution in [1.82, 2.24) is 15.3 Å². The Morgan fingerprint density at radius 3 is 2.90 bits per heavy atom. The summed E-state index contributed by atoms with van der Waals surface area (Å²) >= 11 is 0. The van der Waals surface area contributed by atoms with Crippen LogP contribution in [0, 0.1) is 5.82 Å².